The Morgan fingerprint density at radius 2 is 2.06 bits per heavy atom. The third kappa shape index (κ3) is 2.32. The standard InChI is InChI=1S/C14H16O4/c1-3-9-17-12-10-7-5-6-8-11(10)18-13(12)14(15)16-4-2/h5-8H,3-4,9H2,1-2H3. The van der Waals surface area contributed by atoms with Crippen molar-refractivity contribution < 1.29 is 18.7 Å². The number of carbonyl (C=O) groups excluding carboxylic acids is 1. The van der Waals surface area contributed by atoms with Crippen LogP contribution in [0.5, 0.6) is 5.75 Å². The van der Waals surface area contributed by atoms with E-state index in [4.69, 9.17) is 13.9 Å². The first-order valence-corrected chi connectivity index (χ1v) is 6.09. The molecule has 4 nitrogen and oxygen atoms in total. The third-order valence-electron chi connectivity index (χ3n) is 2.46. The summed E-state index contributed by atoms with van der Waals surface area (Å²) in [5.74, 6) is 0.136. The van der Waals surface area contributed by atoms with Crippen LogP contribution in [0, 0.1) is 0 Å². The van der Waals surface area contributed by atoms with E-state index in [0.717, 1.165) is 11.8 Å². The molecule has 0 atom stereocenters. The summed E-state index contributed by atoms with van der Waals surface area (Å²) in [5, 5.41) is 0.800. The van der Waals surface area contributed by atoms with E-state index in [2.05, 4.69) is 0 Å². The summed E-state index contributed by atoms with van der Waals surface area (Å²) in [6, 6.07) is 7.40. The van der Waals surface area contributed by atoms with Crippen LogP contribution in [0.25, 0.3) is 11.0 Å². The molecule has 0 saturated carbocycles. The Hall–Kier alpha value is -1.97. The molecule has 0 spiro atoms. The van der Waals surface area contributed by atoms with Crippen LogP contribution in [0.15, 0.2) is 28.7 Å². The smallest absolute Gasteiger partial charge is 0.378 e. The molecule has 96 valence electrons. The largest absolute Gasteiger partial charge is 0.489 e. The van der Waals surface area contributed by atoms with Gasteiger partial charge >= 0.3 is 5.97 Å². The van der Waals surface area contributed by atoms with Gasteiger partial charge in [0, 0.05) is 0 Å². The molecule has 0 aliphatic rings. The van der Waals surface area contributed by atoms with Gasteiger partial charge in [-0.25, -0.2) is 4.79 Å². The lowest BCUT2D eigenvalue weighted by Crippen LogP contribution is -2.06. The van der Waals surface area contributed by atoms with Crippen LogP contribution >= 0.6 is 0 Å². The fraction of sp³-hybridized carbons (Fsp3) is 0.357. The predicted molar refractivity (Wildman–Crippen MR) is 68.0 cm³/mol. The van der Waals surface area contributed by atoms with Gasteiger partial charge in [-0.05, 0) is 25.5 Å². The number of ether oxygens (including phenoxy) is 2. The fourth-order valence-electron chi connectivity index (χ4n) is 1.70. The van der Waals surface area contributed by atoms with E-state index in [1.807, 2.05) is 25.1 Å². The summed E-state index contributed by atoms with van der Waals surface area (Å²) >= 11 is 0. The molecule has 0 unspecified atom stereocenters. The minimum atomic E-state index is -0.486. The second-order valence-electron chi connectivity index (χ2n) is 3.83. The topological polar surface area (TPSA) is 48.7 Å². The van der Waals surface area contributed by atoms with Crippen molar-refractivity contribution in [2.45, 2.75) is 20.3 Å². The average Bonchev–Trinajstić information content (AvgIpc) is 2.75. The number of fused-ring (bicyclic) bond motifs is 1. The first kappa shape index (κ1) is 12.5. The fourth-order valence-corrected chi connectivity index (χ4v) is 1.70. The Labute approximate surface area is 105 Å². The molecular weight excluding hydrogens is 232 g/mol. The Morgan fingerprint density at radius 1 is 1.28 bits per heavy atom. The number of furan rings is 1. The van der Waals surface area contributed by atoms with Crippen LogP contribution in [0.2, 0.25) is 0 Å². The lowest BCUT2D eigenvalue weighted by Gasteiger charge is -2.04. The number of rotatable bonds is 5. The molecule has 0 saturated heterocycles. The number of hydrogen-bond acceptors (Lipinski definition) is 4. The number of para-hydroxylation sites is 1. The van der Waals surface area contributed by atoms with Crippen molar-refractivity contribution in [1.29, 1.82) is 0 Å². The Kier molecular flexibility index (Phi) is 3.87. The molecule has 0 aliphatic heterocycles. The first-order valence-electron chi connectivity index (χ1n) is 6.09. The maximum Gasteiger partial charge on any atom is 0.378 e. The van der Waals surface area contributed by atoms with Gasteiger partial charge < -0.3 is 13.9 Å². The number of carbonyl (C=O) groups is 1. The van der Waals surface area contributed by atoms with Gasteiger partial charge in [-0.1, -0.05) is 19.1 Å². The molecule has 1 heterocycles. The van der Waals surface area contributed by atoms with E-state index in [1.165, 1.54) is 0 Å². The quantitative estimate of drug-likeness (QED) is 0.761. The van der Waals surface area contributed by atoms with Crippen LogP contribution < -0.4 is 4.74 Å². The van der Waals surface area contributed by atoms with Crippen LogP contribution in [0.4, 0.5) is 0 Å². The van der Waals surface area contributed by atoms with E-state index < -0.39 is 5.97 Å². The summed E-state index contributed by atoms with van der Waals surface area (Å²) in [6.07, 6.45) is 0.863. The van der Waals surface area contributed by atoms with Crippen molar-refractivity contribution >= 4 is 16.9 Å². The Balaban J connectivity index is 2.46. The van der Waals surface area contributed by atoms with E-state index in [0.29, 0.717) is 24.5 Å². The zero-order chi connectivity index (χ0) is 13.0. The maximum absolute atomic E-state index is 11.8. The molecule has 18 heavy (non-hydrogen) atoms. The highest BCUT2D eigenvalue weighted by molar-refractivity contribution is 5.98. The molecule has 2 rings (SSSR count). The monoisotopic (exact) mass is 248 g/mol. The van der Waals surface area contributed by atoms with E-state index in [-0.39, 0.29) is 5.76 Å². The number of esters is 1. The van der Waals surface area contributed by atoms with Gasteiger partial charge in [0.25, 0.3) is 5.76 Å². The molecule has 0 N–H and O–H groups in total. The Bertz CT molecular complexity index is 542. The first-order chi connectivity index (χ1) is 8.77. The van der Waals surface area contributed by atoms with Crippen LogP contribution in [-0.2, 0) is 4.74 Å². The molecule has 0 bridgehead atoms. The number of benzene rings is 1. The molecule has 4 heteroatoms. The molecule has 0 amide bonds. The van der Waals surface area contributed by atoms with Crippen LogP contribution in [0.3, 0.4) is 0 Å². The maximum atomic E-state index is 11.8. The minimum absolute atomic E-state index is 0.145. The highest BCUT2D eigenvalue weighted by atomic mass is 16.6. The van der Waals surface area contributed by atoms with Gasteiger partial charge in [0.1, 0.15) is 5.58 Å². The van der Waals surface area contributed by atoms with E-state index in [1.54, 1.807) is 13.0 Å². The molecule has 0 fully saturated rings. The van der Waals surface area contributed by atoms with Crippen molar-refractivity contribution in [1.82, 2.24) is 0 Å². The summed E-state index contributed by atoms with van der Waals surface area (Å²) in [6.45, 7) is 4.61. The molecule has 0 aliphatic carbocycles. The lowest BCUT2D eigenvalue weighted by atomic mass is 10.2. The average molecular weight is 248 g/mol. The summed E-state index contributed by atoms with van der Waals surface area (Å²) in [4.78, 5) is 11.8. The van der Waals surface area contributed by atoms with Crippen molar-refractivity contribution in [2.24, 2.45) is 0 Å². The zero-order valence-corrected chi connectivity index (χ0v) is 10.6. The van der Waals surface area contributed by atoms with Gasteiger partial charge in [-0.15, -0.1) is 0 Å². The Morgan fingerprint density at radius 3 is 2.78 bits per heavy atom. The van der Waals surface area contributed by atoms with Crippen LogP contribution in [-0.4, -0.2) is 19.2 Å². The molecule has 1 aromatic heterocycles. The van der Waals surface area contributed by atoms with Gasteiger partial charge in [-0.2, -0.15) is 0 Å². The lowest BCUT2D eigenvalue weighted by molar-refractivity contribution is 0.0486. The van der Waals surface area contributed by atoms with Crippen LogP contribution in [0.1, 0.15) is 30.8 Å². The van der Waals surface area contributed by atoms with Crippen molar-refractivity contribution in [2.75, 3.05) is 13.2 Å². The highest BCUT2D eigenvalue weighted by Crippen LogP contribution is 2.33. The normalized spacial score (nSPS) is 10.6. The summed E-state index contributed by atoms with van der Waals surface area (Å²) in [5.41, 5.74) is 0.631. The molecule has 1 aromatic carbocycles. The molecule has 2 aromatic rings. The molecule has 0 radical (unpaired) electrons. The van der Waals surface area contributed by atoms with Gasteiger partial charge in [0.15, 0.2) is 5.75 Å². The van der Waals surface area contributed by atoms with E-state index in [9.17, 15) is 4.79 Å². The van der Waals surface area contributed by atoms with Gasteiger partial charge in [0.2, 0.25) is 0 Å². The predicted octanol–water partition coefficient (Wildman–Crippen LogP) is 3.40. The molecular formula is C14H16O4. The summed E-state index contributed by atoms with van der Waals surface area (Å²) < 4.78 is 16.1. The minimum Gasteiger partial charge on any atom is -0.489 e. The van der Waals surface area contributed by atoms with Crippen molar-refractivity contribution in [3.8, 4) is 5.75 Å². The second kappa shape index (κ2) is 5.58. The second-order valence-corrected chi connectivity index (χ2v) is 3.83. The summed E-state index contributed by atoms with van der Waals surface area (Å²) in [7, 11) is 0. The number of hydrogen-bond donors (Lipinski definition) is 0. The third-order valence-corrected chi connectivity index (χ3v) is 2.46. The van der Waals surface area contributed by atoms with Crippen molar-refractivity contribution in [3.05, 3.63) is 30.0 Å². The van der Waals surface area contributed by atoms with E-state index >= 15 is 0 Å². The highest BCUT2D eigenvalue weighted by Gasteiger charge is 2.22. The van der Waals surface area contributed by atoms with Gasteiger partial charge in [-0.3, -0.25) is 0 Å². The SMILES string of the molecule is CCCOc1c(C(=O)OCC)oc2ccccc12. The van der Waals surface area contributed by atoms with Crippen molar-refractivity contribution in [3.63, 3.8) is 0 Å². The van der Waals surface area contributed by atoms with Gasteiger partial charge in [0.05, 0.1) is 18.6 Å². The zero-order valence-electron chi connectivity index (χ0n) is 10.6.